The Bertz CT molecular complexity index is 147. The molecule has 0 aromatic heterocycles. The van der Waals surface area contributed by atoms with Crippen LogP contribution in [0.1, 0.15) is 26.7 Å². The number of ether oxygens (including phenoxy) is 1. The van der Waals surface area contributed by atoms with Gasteiger partial charge in [0.2, 0.25) is 0 Å². The molecule has 0 spiro atoms. The van der Waals surface area contributed by atoms with Crippen LogP contribution in [0.5, 0.6) is 0 Å². The van der Waals surface area contributed by atoms with Crippen molar-refractivity contribution in [2.24, 2.45) is 5.92 Å². The highest BCUT2D eigenvalue weighted by molar-refractivity contribution is 9.09. The van der Waals surface area contributed by atoms with Crippen LogP contribution >= 0.6 is 15.9 Å². The molecule has 0 aromatic rings. The van der Waals surface area contributed by atoms with Gasteiger partial charge in [0.25, 0.3) is 0 Å². The van der Waals surface area contributed by atoms with Gasteiger partial charge in [-0.2, -0.15) is 13.2 Å². The average molecular weight is 277 g/mol. The Labute approximate surface area is 91.1 Å². The molecule has 0 aromatic carbocycles. The minimum absolute atomic E-state index is 0.304. The smallest absolute Gasteiger partial charge is 0.380 e. The van der Waals surface area contributed by atoms with Crippen molar-refractivity contribution in [2.75, 3.05) is 13.2 Å². The molecule has 0 amide bonds. The number of hydrogen-bond acceptors (Lipinski definition) is 1. The number of rotatable bonds is 6. The molecule has 0 aliphatic rings. The SMILES string of the molecule is CC(C)CCCOCC(Br)C(F)(F)F. The maximum Gasteiger partial charge on any atom is 0.403 e. The summed E-state index contributed by atoms with van der Waals surface area (Å²) in [5, 5.41) is 0. The molecule has 5 heteroatoms. The molecular weight excluding hydrogens is 261 g/mol. The van der Waals surface area contributed by atoms with Crippen LogP contribution < -0.4 is 0 Å². The maximum absolute atomic E-state index is 12.0. The lowest BCUT2D eigenvalue weighted by Gasteiger charge is -2.14. The number of hydrogen-bond donors (Lipinski definition) is 0. The predicted molar refractivity (Wildman–Crippen MR) is 53.7 cm³/mol. The van der Waals surface area contributed by atoms with Gasteiger partial charge in [-0.25, -0.2) is 0 Å². The van der Waals surface area contributed by atoms with E-state index in [1.54, 1.807) is 0 Å². The van der Waals surface area contributed by atoms with Gasteiger partial charge in [-0.05, 0) is 18.8 Å². The summed E-state index contributed by atoms with van der Waals surface area (Å²) >= 11 is 2.53. The third-order valence-electron chi connectivity index (χ3n) is 1.69. The minimum Gasteiger partial charge on any atom is -0.380 e. The van der Waals surface area contributed by atoms with Crippen molar-refractivity contribution < 1.29 is 17.9 Å². The summed E-state index contributed by atoms with van der Waals surface area (Å²) < 4.78 is 40.8. The maximum atomic E-state index is 12.0. The van der Waals surface area contributed by atoms with Gasteiger partial charge in [0.1, 0.15) is 4.83 Å². The molecule has 0 heterocycles. The lowest BCUT2D eigenvalue weighted by molar-refractivity contribution is -0.137. The van der Waals surface area contributed by atoms with Gasteiger partial charge in [-0.3, -0.25) is 0 Å². The molecular formula is C9H16BrF3O. The fourth-order valence-corrected chi connectivity index (χ4v) is 1.06. The van der Waals surface area contributed by atoms with E-state index in [1.807, 2.05) is 0 Å². The van der Waals surface area contributed by atoms with Crippen LogP contribution in [0.25, 0.3) is 0 Å². The first kappa shape index (κ1) is 14.2. The Hall–Kier alpha value is 0.230. The lowest BCUT2D eigenvalue weighted by atomic mass is 10.1. The van der Waals surface area contributed by atoms with Crippen molar-refractivity contribution in [3.8, 4) is 0 Å². The predicted octanol–water partition coefficient (Wildman–Crippen LogP) is 3.77. The van der Waals surface area contributed by atoms with Gasteiger partial charge in [0, 0.05) is 6.61 Å². The zero-order chi connectivity index (χ0) is 11.2. The van der Waals surface area contributed by atoms with Gasteiger partial charge >= 0.3 is 6.18 Å². The van der Waals surface area contributed by atoms with E-state index < -0.39 is 11.0 Å². The quantitative estimate of drug-likeness (QED) is 0.530. The van der Waals surface area contributed by atoms with Crippen molar-refractivity contribution in [1.29, 1.82) is 0 Å². The monoisotopic (exact) mass is 276 g/mol. The molecule has 0 aliphatic carbocycles. The summed E-state index contributed by atoms with van der Waals surface area (Å²) in [5.41, 5.74) is 0. The molecule has 86 valence electrons. The second kappa shape index (κ2) is 6.67. The highest BCUT2D eigenvalue weighted by atomic mass is 79.9. The molecule has 0 N–H and O–H groups in total. The van der Waals surface area contributed by atoms with E-state index in [1.165, 1.54) is 0 Å². The fourth-order valence-electron chi connectivity index (χ4n) is 0.875. The van der Waals surface area contributed by atoms with Crippen molar-refractivity contribution >= 4 is 15.9 Å². The second-order valence-electron chi connectivity index (χ2n) is 3.62. The van der Waals surface area contributed by atoms with Crippen LogP contribution in [0.4, 0.5) is 13.2 Å². The molecule has 0 bridgehead atoms. The highest BCUT2D eigenvalue weighted by Crippen LogP contribution is 2.26. The van der Waals surface area contributed by atoms with Crippen LogP contribution in [0, 0.1) is 5.92 Å². The first-order valence-electron chi connectivity index (χ1n) is 4.62. The molecule has 1 nitrogen and oxygen atoms in total. The Kier molecular flexibility index (Phi) is 6.78. The van der Waals surface area contributed by atoms with Crippen LogP contribution in [0.2, 0.25) is 0 Å². The molecule has 14 heavy (non-hydrogen) atoms. The van der Waals surface area contributed by atoms with Gasteiger partial charge in [0.05, 0.1) is 6.61 Å². The molecule has 0 radical (unpaired) electrons. The molecule has 1 unspecified atom stereocenters. The summed E-state index contributed by atoms with van der Waals surface area (Å²) in [6, 6.07) is 0. The van der Waals surface area contributed by atoms with Crippen LogP contribution in [-0.4, -0.2) is 24.2 Å². The summed E-state index contributed by atoms with van der Waals surface area (Å²) in [4.78, 5) is -1.55. The summed E-state index contributed by atoms with van der Waals surface area (Å²) in [6.45, 7) is 4.24. The van der Waals surface area contributed by atoms with Crippen LogP contribution in [0.15, 0.2) is 0 Å². The van der Waals surface area contributed by atoms with Gasteiger partial charge in [0.15, 0.2) is 0 Å². The van der Waals surface area contributed by atoms with Crippen LogP contribution in [-0.2, 0) is 4.74 Å². The minimum atomic E-state index is -4.21. The summed E-state index contributed by atoms with van der Waals surface area (Å²) in [5.74, 6) is 0.570. The largest absolute Gasteiger partial charge is 0.403 e. The zero-order valence-electron chi connectivity index (χ0n) is 8.40. The third-order valence-corrected chi connectivity index (χ3v) is 2.47. The highest BCUT2D eigenvalue weighted by Gasteiger charge is 2.37. The Morgan fingerprint density at radius 2 is 1.86 bits per heavy atom. The Morgan fingerprint density at radius 3 is 2.29 bits per heavy atom. The molecule has 0 aliphatic heterocycles. The van der Waals surface area contributed by atoms with E-state index >= 15 is 0 Å². The lowest BCUT2D eigenvalue weighted by Crippen LogP contribution is -2.27. The number of alkyl halides is 4. The molecule has 0 saturated heterocycles. The normalized spacial score (nSPS) is 14.8. The Balaban J connectivity index is 3.37. The van der Waals surface area contributed by atoms with Crippen LogP contribution in [0.3, 0.4) is 0 Å². The van der Waals surface area contributed by atoms with Crippen molar-refractivity contribution in [2.45, 2.75) is 37.7 Å². The summed E-state index contributed by atoms with van der Waals surface area (Å²) in [6.07, 6.45) is -2.41. The molecule has 1 atom stereocenters. The van der Waals surface area contributed by atoms with E-state index in [9.17, 15) is 13.2 Å². The third kappa shape index (κ3) is 7.62. The van der Waals surface area contributed by atoms with Gasteiger partial charge < -0.3 is 4.74 Å². The van der Waals surface area contributed by atoms with E-state index in [4.69, 9.17) is 4.74 Å². The first-order valence-corrected chi connectivity index (χ1v) is 5.54. The number of halogens is 4. The van der Waals surface area contributed by atoms with E-state index in [0.717, 1.165) is 12.8 Å². The zero-order valence-corrected chi connectivity index (χ0v) is 9.99. The van der Waals surface area contributed by atoms with Crippen molar-refractivity contribution in [3.63, 3.8) is 0 Å². The fraction of sp³-hybridized carbons (Fsp3) is 1.00. The summed E-state index contributed by atoms with van der Waals surface area (Å²) in [7, 11) is 0. The topological polar surface area (TPSA) is 9.23 Å². The average Bonchev–Trinajstić information content (AvgIpc) is 2.01. The molecule has 0 fully saturated rings. The molecule has 0 rings (SSSR count). The standard InChI is InChI=1S/C9H16BrF3O/c1-7(2)4-3-5-14-6-8(10)9(11,12)13/h7-8H,3-6H2,1-2H3. The van der Waals surface area contributed by atoms with Crippen molar-refractivity contribution in [3.05, 3.63) is 0 Å². The van der Waals surface area contributed by atoms with E-state index in [0.29, 0.717) is 12.5 Å². The Morgan fingerprint density at radius 1 is 1.29 bits per heavy atom. The van der Waals surface area contributed by atoms with E-state index in [-0.39, 0.29) is 6.61 Å². The van der Waals surface area contributed by atoms with Gasteiger partial charge in [-0.15, -0.1) is 0 Å². The van der Waals surface area contributed by atoms with Crippen molar-refractivity contribution in [1.82, 2.24) is 0 Å². The first-order chi connectivity index (χ1) is 6.34. The van der Waals surface area contributed by atoms with Gasteiger partial charge in [-0.1, -0.05) is 29.8 Å². The second-order valence-corrected chi connectivity index (χ2v) is 4.73. The molecule has 0 saturated carbocycles. The van der Waals surface area contributed by atoms with E-state index in [2.05, 4.69) is 29.8 Å².